The molecule has 1 aromatic carbocycles. The molecule has 0 spiro atoms. The summed E-state index contributed by atoms with van der Waals surface area (Å²) in [4.78, 5) is 12.1. The van der Waals surface area contributed by atoms with Crippen LogP contribution in [0.1, 0.15) is 30.8 Å². The van der Waals surface area contributed by atoms with Crippen LogP contribution in [0.15, 0.2) is 52.0 Å². The van der Waals surface area contributed by atoms with Crippen molar-refractivity contribution in [3.63, 3.8) is 0 Å². The topological polar surface area (TPSA) is 91.7 Å². The van der Waals surface area contributed by atoms with Crippen molar-refractivity contribution in [1.29, 1.82) is 0 Å². The molecule has 150 valence electrons. The molecule has 0 saturated carbocycles. The SMILES string of the molecule is C[C@@H]1C[C@@H](C)CN(S(=O)(=O)c2ccc(NC(=S)NC(=O)c3ccco3)cc2)C1. The normalized spacial score (nSPS) is 20.5. The van der Waals surface area contributed by atoms with Crippen molar-refractivity contribution in [3.8, 4) is 0 Å². The average molecular weight is 422 g/mol. The Hall–Kier alpha value is -2.23. The number of hydrogen-bond donors (Lipinski definition) is 2. The molecule has 7 nitrogen and oxygen atoms in total. The van der Waals surface area contributed by atoms with Gasteiger partial charge in [-0.05, 0) is 66.9 Å². The number of benzene rings is 1. The standard InChI is InChI=1S/C19H23N3O4S2/c1-13-10-14(2)12-22(11-13)28(24,25)16-7-5-15(6-8-16)20-19(27)21-18(23)17-4-3-9-26-17/h3-9,13-14H,10-12H2,1-2H3,(H2,20,21,23,27)/t13-,14-/m1/s1. The number of sulfonamides is 1. The third-order valence-corrected chi connectivity index (χ3v) is 6.61. The summed E-state index contributed by atoms with van der Waals surface area (Å²) in [6, 6.07) is 9.45. The van der Waals surface area contributed by atoms with Gasteiger partial charge in [0.2, 0.25) is 10.0 Å². The van der Waals surface area contributed by atoms with Gasteiger partial charge in [-0.3, -0.25) is 10.1 Å². The van der Waals surface area contributed by atoms with Crippen LogP contribution >= 0.6 is 12.2 Å². The second-order valence-electron chi connectivity index (χ2n) is 7.18. The Morgan fingerprint density at radius 1 is 1.14 bits per heavy atom. The van der Waals surface area contributed by atoms with Gasteiger partial charge in [0.25, 0.3) is 5.91 Å². The van der Waals surface area contributed by atoms with Crippen LogP contribution in [0.25, 0.3) is 0 Å². The van der Waals surface area contributed by atoms with E-state index in [1.54, 1.807) is 34.6 Å². The molecule has 2 N–H and O–H groups in total. The summed E-state index contributed by atoms with van der Waals surface area (Å²) in [5.74, 6) is 0.370. The first-order chi connectivity index (χ1) is 13.3. The van der Waals surface area contributed by atoms with E-state index in [4.69, 9.17) is 16.6 Å². The van der Waals surface area contributed by atoms with Crippen molar-refractivity contribution in [2.24, 2.45) is 11.8 Å². The molecule has 3 rings (SSSR count). The van der Waals surface area contributed by atoms with Gasteiger partial charge in [0.15, 0.2) is 10.9 Å². The predicted octanol–water partition coefficient (Wildman–Crippen LogP) is 3.07. The Kier molecular flexibility index (Phi) is 6.17. The first-order valence-corrected chi connectivity index (χ1v) is 10.9. The lowest BCUT2D eigenvalue weighted by Gasteiger charge is -2.34. The summed E-state index contributed by atoms with van der Waals surface area (Å²) < 4.78 is 32.4. The van der Waals surface area contributed by atoms with E-state index in [0.717, 1.165) is 6.42 Å². The first kappa shape index (κ1) is 20.5. The smallest absolute Gasteiger partial charge is 0.293 e. The fourth-order valence-corrected chi connectivity index (χ4v) is 5.29. The number of anilines is 1. The van der Waals surface area contributed by atoms with E-state index in [1.807, 2.05) is 0 Å². The molecule has 0 radical (unpaired) electrons. The van der Waals surface area contributed by atoms with Crippen molar-refractivity contribution < 1.29 is 17.6 Å². The van der Waals surface area contributed by atoms with E-state index < -0.39 is 15.9 Å². The van der Waals surface area contributed by atoms with Gasteiger partial charge in [0.05, 0.1) is 11.2 Å². The monoisotopic (exact) mass is 421 g/mol. The minimum Gasteiger partial charge on any atom is -0.459 e. The average Bonchev–Trinajstić information content (AvgIpc) is 3.16. The Bertz CT molecular complexity index is 930. The van der Waals surface area contributed by atoms with Crippen LogP contribution in [0.3, 0.4) is 0 Å². The van der Waals surface area contributed by atoms with Crippen molar-refractivity contribution in [2.75, 3.05) is 18.4 Å². The number of carbonyl (C=O) groups is 1. The minimum absolute atomic E-state index is 0.0932. The number of piperidine rings is 1. The van der Waals surface area contributed by atoms with Crippen LogP contribution in [-0.2, 0) is 10.0 Å². The molecule has 0 bridgehead atoms. The summed E-state index contributed by atoms with van der Waals surface area (Å²) in [5, 5.41) is 5.45. The van der Waals surface area contributed by atoms with E-state index in [2.05, 4.69) is 24.5 Å². The number of nitrogens with zero attached hydrogens (tertiary/aromatic N) is 1. The lowest BCUT2D eigenvalue weighted by Crippen LogP contribution is -2.42. The fourth-order valence-electron chi connectivity index (χ4n) is 3.40. The van der Waals surface area contributed by atoms with Gasteiger partial charge >= 0.3 is 0 Å². The van der Waals surface area contributed by atoms with Crippen molar-refractivity contribution in [2.45, 2.75) is 25.2 Å². The first-order valence-electron chi connectivity index (χ1n) is 9.01. The lowest BCUT2D eigenvalue weighted by atomic mass is 9.94. The maximum absolute atomic E-state index is 12.9. The van der Waals surface area contributed by atoms with Crippen LogP contribution in [0, 0.1) is 11.8 Å². The highest BCUT2D eigenvalue weighted by molar-refractivity contribution is 7.89. The quantitative estimate of drug-likeness (QED) is 0.737. The molecule has 2 atom stereocenters. The van der Waals surface area contributed by atoms with Crippen molar-refractivity contribution in [1.82, 2.24) is 9.62 Å². The lowest BCUT2D eigenvalue weighted by molar-refractivity contribution is 0.0950. The second kappa shape index (κ2) is 8.42. The van der Waals surface area contributed by atoms with Gasteiger partial charge in [-0.15, -0.1) is 0 Å². The Balaban J connectivity index is 1.64. The van der Waals surface area contributed by atoms with Gasteiger partial charge in [-0.2, -0.15) is 4.31 Å². The zero-order valence-corrected chi connectivity index (χ0v) is 17.3. The summed E-state index contributed by atoms with van der Waals surface area (Å²) >= 11 is 5.11. The molecule has 2 aromatic rings. The van der Waals surface area contributed by atoms with E-state index in [9.17, 15) is 13.2 Å². The van der Waals surface area contributed by atoms with E-state index in [1.165, 1.54) is 12.3 Å². The molecule has 0 unspecified atom stereocenters. The molecule has 1 aromatic heterocycles. The third kappa shape index (κ3) is 4.78. The van der Waals surface area contributed by atoms with E-state index >= 15 is 0 Å². The van der Waals surface area contributed by atoms with Gasteiger partial charge in [-0.25, -0.2) is 8.42 Å². The third-order valence-electron chi connectivity index (χ3n) is 4.56. The number of thiocarbonyl (C=S) groups is 1. The number of rotatable bonds is 4. The van der Waals surface area contributed by atoms with Crippen LogP contribution in [0.4, 0.5) is 5.69 Å². The number of amides is 1. The number of furan rings is 1. The van der Waals surface area contributed by atoms with Crippen molar-refractivity contribution in [3.05, 3.63) is 48.4 Å². The summed E-state index contributed by atoms with van der Waals surface area (Å²) in [6.07, 6.45) is 2.43. The molecule has 1 saturated heterocycles. The molecule has 9 heteroatoms. The largest absolute Gasteiger partial charge is 0.459 e. The van der Waals surface area contributed by atoms with Crippen LogP contribution < -0.4 is 10.6 Å². The molecule has 1 aliphatic heterocycles. The fraction of sp³-hybridized carbons (Fsp3) is 0.368. The van der Waals surface area contributed by atoms with E-state index in [0.29, 0.717) is 30.6 Å². The summed E-state index contributed by atoms with van der Waals surface area (Å²) in [7, 11) is -3.53. The predicted molar refractivity (Wildman–Crippen MR) is 111 cm³/mol. The van der Waals surface area contributed by atoms with Gasteiger partial charge in [0, 0.05) is 18.8 Å². The maximum atomic E-state index is 12.9. The molecule has 0 aliphatic carbocycles. The van der Waals surface area contributed by atoms with Crippen LogP contribution in [0.5, 0.6) is 0 Å². The minimum atomic E-state index is -3.53. The molecule has 28 heavy (non-hydrogen) atoms. The molecular weight excluding hydrogens is 398 g/mol. The van der Waals surface area contributed by atoms with Crippen LogP contribution in [0.2, 0.25) is 0 Å². The molecule has 1 amide bonds. The number of hydrogen-bond acceptors (Lipinski definition) is 5. The van der Waals surface area contributed by atoms with Gasteiger partial charge in [0.1, 0.15) is 0 Å². The Morgan fingerprint density at radius 3 is 2.36 bits per heavy atom. The molecule has 2 heterocycles. The molecular formula is C19H23N3O4S2. The Labute approximate surface area is 170 Å². The highest BCUT2D eigenvalue weighted by atomic mass is 32.2. The summed E-state index contributed by atoms with van der Waals surface area (Å²) in [5.41, 5.74) is 0.573. The number of carbonyl (C=O) groups excluding carboxylic acids is 1. The highest BCUT2D eigenvalue weighted by Gasteiger charge is 2.31. The van der Waals surface area contributed by atoms with E-state index in [-0.39, 0.29) is 15.8 Å². The molecule has 1 aliphatic rings. The van der Waals surface area contributed by atoms with Gasteiger partial charge in [-0.1, -0.05) is 13.8 Å². The maximum Gasteiger partial charge on any atom is 0.293 e. The molecule has 1 fully saturated rings. The number of nitrogens with one attached hydrogen (secondary N) is 2. The van der Waals surface area contributed by atoms with Crippen molar-refractivity contribution >= 4 is 38.9 Å². The van der Waals surface area contributed by atoms with Crippen LogP contribution in [-0.4, -0.2) is 36.8 Å². The zero-order chi connectivity index (χ0) is 20.3. The van der Waals surface area contributed by atoms with Gasteiger partial charge < -0.3 is 9.73 Å². The summed E-state index contributed by atoms with van der Waals surface area (Å²) in [6.45, 7) is 5.22. The zero-order valence-electron chi connectivity index (χ0n) is 15.7. The highest BCUT2D eigenvalue weighted by Crippen LogP contribution is 2.27. The Morgan fingerprint density at radius 2 is 1.79 bits per heavy atom. The second-order valence-corrected chi connectivity index (χ2v) is 9.52.